The summed E-state index contributed by atoms with van der Waals surface area (Å²) in [6.45, 7) is 2.22. The van der Waals surface area contributed by atoms with Crippen molar-refractivity contribution in [2.75, 3.05) is 10.6 Å². The predicted molar refractivity (Wildman–Crippen MR) is 187 cm³/mol. The average Bonchev–Trinajstić information content (AvgIpc) is 3.06. The minimum atomic E-state index is -0.417. The highest BCUT2D eigenvalue weighted by atomic mass is 32.1. The van der Waals surface area contributed by atoms with Crippen LogP contribution >= 0.6 is 12.6 Å². The number of hydrogen-bond acceptors (Lipinski definition) is 4. The Morgan fingerprint density at radius 2 is 1.34 bits per heavy atom. The molecule has 0 aliphatic carbocycles. The van der Waals surface area contributed by atoms with Gasteiger partial charge in [0.1, 0.15) is 0 Å². The van der Waals surface area contributed by atoms with Gasteiger partial charge in [0.25, 0.3) is 0 Å². The number of thiol groups is 1. The van der Waals surface area contributed by atoms with E-state index in [4.69, 9.17) is 12.6 Å². The summed E-state index contributed by atoms with van der Waals surface area (Å²) in [5, 5.41) is 16.9. The zero-order valence-electron chi connectivity index (χ0n) is 24.5. The van der Waals surface area contributed by atoms with Crippen molar-refractivity contribution >= 4 is 29.7 Å². The van der Waals surface area contributed by atoms with Crippen LogP contribution in [0.25, 0.3) is 22.3 Å². The molecule has 0 spiro atoms. The molecule has 0 amide bonds. The van der Waals surface area contributed by atoms with Gasteiger partial charge in [-0.05, 0) is 83.6 Å². The standard InChI is InChI=1S/C40H33N3S/c1-40(27-29-11-4-2-5-12-29,43-35-16-10-13-30(25-35)28-41)33-20-22-34(23-21-33)42-38-26-32(37-17-8-9-18-39(37)44)19-24-36(38)31-14-6-3-7-15-31/h2-26,42-44H,27H2,1H3/t40-/m1/s1. The molecule has 0 fully saturated rings. The van der Waals surface area contributed by atoms with Crippen LogP contribution in [0.4, 0.5) is 17.1 Å². The zero-order valence-corrected chi connectivity index (χ0v) is 25.4. The summed E-state index contributed by atoms with van der Waals surface area (Å²) in [6, 6.07) is 54.2. The molecule has 6 rings (SSSR count). The van der Waals surface area contributed by atoms with Crippen LogP contribution in [0, 0.1) is 11.3 Å². The van der Waals surface area contributed by atoms with Crippen molar-refractivity contribution in [1.29, 1.82) is 5.26 Å². The fourth-order valence-corrected chi connectivity index (χ4v) is 5.98. The van der Waals surface area contributed by atoms with Crippen LogP contribution in [0.1, 0.15) is 23.6 Å². The van der Waals surface area contributed by atoms with Crippen molar-refractivity contribution in [2.45, 2.75) is 23.8 Å². The lowest BCUT2D eigenvalue weighted by molar-refractivity contribution is 0.540. The lowest BCUT2D eigenvalue weighted by Crippen LogP contribution is -2.34. The number of nitrogens with zero attached hydrogens (tertiary/aromatic N) is 1. The van der Waals surface area contributed by atoms with Gasteiger partial charge in [-0.3, -0.25) is 0 Å². The average molecular weight is 588 g/mol. The molecule has 0 unspecified atom stereocenters. The number of anilines is 3. The smallest absolute Gasteiger partial charge is 0.0992 e. The molecule has 3 nitrogen and oxygen atoms in total. The van der Waals surface area contributed by atoms with Crippen LogP contribution in [-0.4, -0.2) is 0 Å². The molecule has 6 aromatic rings. The van der Waals surface area contributed by atoms with Gasteiger partial charge >= 0.3 is 0 Å². The van der Waals surface area contributed by atoms with Crippen molar-refractivity contribution in [1.82, 2.24) is 0 Å². The second-order valence-corrected chi connectivity index (χ2v) is 11.6. The van der Waals surface area contributed by atoms with Gasteiger partial charge in [0.2, 0.25) is 0 Å². The third-order valence-corrected chi connectivity index (χ3v) is 8.32. The van der Waals surface area contributed by atoms with E-state index in [0.29, 0.717) is 5.56 Å². The third kappa shape index (κ3) is 6.54. The van der Waals surface area contributed by atoms with Crippen LogP contribution in [0.5, 0.6) is 0 Å². The number of hydrogen-bond donors (Lipinski definition) is 3. The first-order valence-electron chi connectivity index (χ1n) is 14.7. The molecule has 0 bridgehead atoms. The molecule has 6 aromatic carbocycles. The van der Waals surface area contributed by atoms with E-state index < -0.39 is 5.54 Å². The summed E-state index contributed by atoms with van der Waals surface area (Å²) in [5.74, 6) is 0. The monoisotopic (exact) mass is 587 g/mol. The maximum absolute atomic E-state index is 9.46. The minimum absolute atomic E-state index is 0.417. The van der Waals surface area contributed by atoms with Crippen LogP contribution in [-0.2, 0) is 12.0 Å². The lowest BCUT2D eigenvalue weighted by atomic mass is 9.85. The first kappa shape index (κ1) is 28.9. The minimum Gasteiger partial charge on any atom is -0.375 e. The van der Waals surface area contributed by atoms with Gasteiger partial charge < -0.3 is 10.6 Å². The second-order valence-electron chi connectivity index (χ2n) is 11.2. The molecule has 2 N–H and O–H groups in total. The summed E-state index contributed by atoms with van der Waals surface area (Å²) in [4.78, 5) is 0.945. The maximum Gasteiger partial charge on any atom is 0.0992 e. The molecule has 44 heavy (non-hydrogen) atoms. The van der Waals surface area contributed by atoms with E-state index in [-0.39, 0.29) is 0 Å². The topological polar surface area (TPSA) is 47.9 Å². The van der Waals surface area contributed by atoms with Crippen molar-refractivity contribution in [3.05, 3.63) is 168 Å². The highest BCUT2D eigenvalue weighted by molar-refractivity contribution is 7.80. The molecule has 0 radical (unpaired) electrons. The molecule has 0 saturated carbocycles. The molecule has 0 heterocycles. The Morgan fingerprint density at radius 1 is 0.636 bits per heavy atom. The summed E-state index contributed by atoms with van der Waals surface area (Å²) in [5.41, 5.74) is 10.0. The number of rotatable bonds is 9. The molecule has 4 heteroatoms. The molecule has 1 atom stereocenters. The van der Waals surface area contributed by atoms with Crippen LogP contribution in [0.15, 0.2) is 157 Å². The van der Waals surface area contributed by atoms with Crippen LogP contribution in [0.3, 0.4) is 0 Å². The van der Waals surface area contributed by atoms with E-state index in [1.54, 1.807) is 0 Å². The van der Waals surface area contributed by atoms with E-state index in [1.807, 2.05) is 54.6 Å². The lowest BCUT2D eigenvalue weighted by Gasteiger charge is -2.33. The highest BCUT2D eigenvalue weighted by Crippen LogP contribution is 2.37. The predicted octanol–water partition coefficient (Wildman–Crippen LogP) is 10.5. The van der Waals surface area contributed by atoms with Gasteiger partial charge in [-0.25, -0.2) is 0 Å². The van der Waals surface area contributed by atoms with Gasteiger partial charge in [-0.15, -0.1) is 12.6 Å². The Kier molecular flexibility index (Phi) is 8.50. The molecular weight excluding hydrogens is 555 g/mol. The number of benzene rings is 6. The van der Waals surface area contributed by atoms with Gasteiger partial charge in [-0.1, -0.05) is 109 Å². The molecule has 0 aliphatic rings. The molecule has 214 valence electrons. The van der Waals surface area contributed by atoms with Gasteiger partial charge in [0.15, 0.2) is 0 Å². The fraction of sp³-hybridized carbons (Fsp3) is 0.0750. The Labute approximate surface area is 265 Å². The van der Waals surface area contributed by atoms with E-state index in [2.05, 4.69) is 121 Å². The highest BCUT2D eigenvalue weighted by Gasteiger charge is 2.27. The molecule has 0 aromatic heterocycles. The van der Waals surface area contributed by atoms with Gasteiger partial charge in [-0.2, -0.15) is 5.26 Å². The summed E-state index contributed by atoms with van der Waals surface area (Å²) in [7, 11) is 0. The van der Waals surface area contributed by atoms with Crippen LogP contribution < -0.4 is 10.6 Å². The Balaban J connectivity index is 1.35. The first-order valence-corrected chi connectivity index (χ1v) is 15.1. The quantitative estimate of drug-likeness (QED) is 0.148. The SMILES string of the molecule is C[C@](Cc1ccccc1)(Nc1cccc(C#N)c1)c1ccc(Nc2cc(-c3ccccc3S)ccc2-c2ccccc2)cc1. The van der Waals surface area contributed by atoms with Gasteiger partial charge in [0.05, 0.1) is 17.2 Å². The van der Waals surface area contributed by atoms with Crippen molar-refractivity contribution in [3.63, 3.8) is 0 Å². The van der Waals surface area contributed by atoms with Gasteiger partial charge in [0, 0.05) is 27.5 Å². The Hall–Kier alpha value is -5.24. The fourth-order valence-electron chi connectivity index (χ4n) is 5.69. The molecular formula is C40H33N3S. The zero-order chi connectivity index (χ0) is 30.4. The first-order chi connectivity index (χ1) is 21.5. The summed E-state index contributed by atoms with van der Waals surface area (Å²) in [6.07, 6.45) is 0.779. The van der Waals surface area contributed by atoms with Crippen molar-refractivity contribution in [2.24, 2.45) is 0 Å². The second kappa shape index (κ2) is 13.0. The van der Waals surface area contributed by atoms with E-state index >= 15 is 0 Å². The Bertz CT molecular complexity index is 1910. The molecule has 0 saturated heterocycles. The van der Waals surface area contributed by atoms with Crippen LogP contribution in [0.2, 0.25) is 0 Å². The van der Waals surface area contributed by atoms with E-state index in [9.17, 15) is 5.26 Å². The largest absolute Gasteiger partial charge is 0.375 e. The Morgan fingerprint density at radius 3 is 2.07 bits per heavy atom. The van der Waals surface area contributed by atoms with E-state index in [0.717, 1.165) is 56.2 Å². The van der Waals surface area contributed by atoms with E-state index in [1.165, 1.54) is 5.56 Å². The summed E-state index contributed by atoms with van der Waals surface area (Å²) < 4.78 is 0. The van der Waals surface area contributed by atoms with Crippen molar-refractivity contribution < 1.29 is 0 Å². The third-order valence-electron chi connectivity index (χ3n) is 7.93. The molecule has 0 aliphatic heterocycles. The number of nitrogens with one attached hydrogen (secondary N) is 2. The number of nitriles is 1. The summed E-state index contributed by atoms with van der Waals surface area (Å²) >= 11 is 4.72. The van der Waals surface area contributed by atoms with Crippen molar-refractivity contribution in [3.8, 4) is 28.3 Å². The maximum atomic E-state index is 9.46. The normalized spacial score (nSPS) is 12.1.